The summed E-state index contributed by atoms with van der Waals surface area (Å²) in [6.07, 6.45) is 0.345. The van der Waals surface area contributed by atoms with Gasteiger partial charge in [0.1, 0.15) is 23.2 Å². The summed E-state index contributed by atoms with van der Waals surface area (Å²) in [5.41, 5.74) is -0.337. The van der Waals surface area contributed by atoms with E-state index in [4.69, 9.17) is 4.74 Å². The Balaban J connectivity index is 2.12. The van der Waals surface area contributed by atoms with Crippen LogP contribution in [0.5, 0.6) is 5.75 Å². The fraction of sp³-hybridized carbons (Fsp3) is 0.429. The van der Waals surface area contributed by atoms with Crippen LogP contribution in [0.4, 0.5) is 8.78 Å². The molecule has 9 heteroatoms. The molecule has 0 N–H and O–H groups in total. The van der Waals surface area contributed by atoms with Crippen LogP contribution >= 0.6 is 0 Å². The number of sulfone groups is 1. The van der Waals surface area contributed by atoms with Crippen molar-refractivity contribution in [2.45, 2.75) is 19.4 Å². The molecule has 1 aliphatic rings. The molecular weight excluding hydrogens is 328 g/mol. The van der Waals surface area contributed by atoms with Crippen molar-refractivity contribution in [2.75, 3.05) is 18.6 Å². The average Bonchev–Trinajstić information content (AvgIpc) is 3.00. The highest BCUT2D eigenvalue weighted by molar-refractivity contribution is 7.91. The van der Waals surface area contributed by atoms with Crippen LogP contribution in [-0.4, -0.2) is 41.8 Å². The fourth-order valence-corrected chi connectivity index (χ4v) is 4.40. The summed E-state index contributed by atoms with van der Waals surface area (Å²) >= 11 is 0. The molecular formula is C14H15F2N3O3S. The topological polar surface area (TPSA) is 74.1 Å². The Morgan fingerprint density at radius 2 is 1.96 bits per heavy atom. The van der Waals surface area contributed by atoms with Gasteiger partial charge in [-0.1, -0.05) is 0 Å². The van der Waals surface area contributed by atoms with Crippen molar-refractivity contribution in [3.05, 3.63) is 29.6 Å². The Hall–Kier alpha value is -2.03. The Morgan fingerprint density at radius 3 is 2.48 bits per heavy atom. The van der Waals surface area contributed by atoms with Crippen LogP contribution in [0.2, 0.25) is 0 Å². The zero-order valence-electron chi connectivity index (χ0n) is 12.6. The van der Waals surface area contributed by atoms with E-state index in [-0.39, 0.29) is 28.6 Å². The van der Waals surface area contributed by atoms with E-state index in [1.54, 1.807) is 6.92 Å². The van der Waals surface area contributed by atoms with E-state index >= 15 is 0 Å². The predicted octanol–water partition coefficient (Wildman–Crippen LogP) is 1.90. The minimum absolute atomic E-state index is 0.0118. The zero-order valence-corrected chi connectivity index (χ0v) is 13.4. The molecule has 0 aliphatic carbocycles. The van der Waals surface area contributed by atoms with Crippen molar-refractivity contribution >= 4 is 9.84 Å². The third-order valence-corrected chi connectivity index (χ3v) is 5.52. The second kappa shape index (κ2) is 5.55. The molecule has 124 valence electrons. The summed E-state index contributed by atoms with van der Waals surface area (Å²) in [7, 11) is -1.85. The first-order valence-corrected chi connectivity index (χ1v) is 8.80. The number of aryl methyl sites for hydroxylation is 1. The Morgan fingerprint density at radius 1 is 1.30 bits per heavy atom. The van der Waals surface area contributed by atoms with Crippen LogP contribution in [0.1, 0.15) is 18.3 Å². The van der Waals surface area contributed by atoms with Gasteiger partial charge >= 0.3 is 0 Å². The van der Waals surface area contributed by atoms with Crippen molar-refractivity contribution in [3.8, 4) is 17.1 Å². The molecule has 0 saturated carbocycles. The van der Waals surface area contributed by atoms with Gasteiger partial charge in [0.25, 0.3) is 0 Å². The van der Waals surface area contributed by atoms with Crippen molar-refractivity contribution in [1.82, 2.24) is 14.8 Å². The molecule has 1 aliphatic heterocycles. The number of benzene rings is 1. The average molecular weight is 343 g/mol. The number of methoxy groups -OCH3 is 1. The van der Waals surface area contributed by atoms with E-state index in [1.807, 2.05) is 0 Å². The number of rotatable bonds is 3. The Bertz CT molecular complexity index is 841. The van der Waals surface area contributed by atoms with Gasteiger partial charge in [-0.05, 0) is 13.3 Å². The van der Waals surface area contributed by atoms with E-state index in [0.29, 0.717) is 12.2 Å². The van der Waals surface area contributed by atoms with Gasteiger partial charge in [-0.3, -0.25) is 0 Å². The molecule has 2 aromatic rings. The molecule has 0 amide bonds. The summed E-state index contributed by atoms with van der Waals surface area (Å²) < 4.78 is 58.0. The van der Waals surface area contributed by atoms with Gasteiger partial charge in [-0.25, -0.2) is 26.9 Å². The van der Waals surface area contributed by atoms with E-state index in [0.717, 1.165) is 12.1 Å². The first kappa shape index (κ1) is 15.9. The van der Waals surface area contributed by atoms with Gasteiger partial charge < -0.3 is 4.74 Å². The lowest BCUT2D eigenvalue weighted by molar-refractivity contribution is 0.407. The van der Waals surface area contributed by atoms with E-state index in [9.17, 15) is 17.2 Å². The quantitative estimate of drug-likeness (QED) is 0.851. The maximum Gasteiger partial charge on any atom is 0.164 e. The SMILES string of the molecule is COc1cc(F)c(-c2nc(C)nn2[C@@H]2CCS(=O)(=O)C2)c(F)c1. The van der Waals surface area contributed by atoms with Crippen LogP contribution in [0.25, 0.3) is 11.4 Å². The lowest BCUT2D eigenvalue weighted by Gasteiger charge is -2.13. The third kappa shape index (κ3) is 2.92. The Labute approximate surface area is 132 Å². The summed E-state index contributed by atoms with van der Waals surface area (Å²) in [4.78, 5) is 4.09. The number of halogens is 2. The highest BCUT2D eigenvalue weighted by Crippen LogP contribution is 2.32. The molecule has 23 heavy (non-hydrogen) atoms. The second-order valence-corrected chi connectivity index (χ2v) is 7.68. The smallest absolute Gasteiger partial charge is 0.164 e. The number of aromatic nitrogens is 3. The van der Waals surface area contributed by atoms with Crippen LogP contribution in [0, 0.1) is 18.6 Å². The van der Waals surface area contributed by atoms with Crippen LogP contribution in [0.3, 0.4) is 0 Å². The van der Waals surface area contributed by atoms with Gasteiger partial charge in [0.2, 0.25) is 0 Å². The van der Waals surface area contributed by atoms with Crippen LogP contribution in [0.15, 0.2) is 12.1 Å². The molecule has 1 atom stereocenters. The van der Waals surface area contributed by atoms with Crippen LogP contribution in [-0.2, 0) is 9.84 Å². The first-order valence-electron chi connectivity index (χ1n) is 6.97. The van der Waals surface area contributed by atoms with Gasteiger partial charge in [0, 0.05) is 12.1 Å². The molecule has 3 rings (SSSR count). The maximum atomic E-state index is 14.3. The van der Waals surface area contributed by atoms with Crippen molar-refractivity contribution in [2.24, 2.45) is 0 Å². The lowest BCUT2D eigenvalue weighted by Crippen LogP contribution is -2.14. The molecule has 0 radical (unpaired) electrons. The summed E-state index contributed by atoms with van der Waals surface area (Å²) in [6, 6.07) is 1.63. The van der Waals surface area contributed by atoms with Gasteiger partial charge in [-0.2, -0.15) is 5.10 Å². The summed E-state index contributed by atoms with van der Waals surface area (Å²) in [5.74, 6) is -1.39. The minimum atomic E-state index is -3.16. The number of nitrogens with zero attached hydrogens (tertiary/aromatic N) is 3. The summed E-state index contributed by atoms with van der Waals surface area (Å²) in [5, 5.41) is 4.14. The molecule has 0 spiro atoms. The molecule has 0 bridgehead atoms. The third-order valence-electron chi connectivity index (χ3n) is 3.77. The standard InChI is InChI=1S/C14H15F2N3O3S/c1-8-17-14(13-11(15)5-10(22-2)6-12(13)16)19(18-8)9-3-4-23(20,21)7-9/h5-6,9H,3-4,7H2,1-2H3/t9-/m1/s1. The maximum absolute atomic E-state index is 14.3. The molecule has 1 saturated heterocycles. The van der Waals surface area contributed by atoms with Crippen molar-refractivity contribution in [1.29, 1.82) is 0 Å². The molecule has 6 nitrogen and oxygen atoms in total. The largest absolute Gasteiger partial charge is 0.497 e. The van der Waals surface area contributed by atoms with Crippen molar-refractivity contribution < 1.29 is 21.9 Å². The fourth-order valence-electron chi connectivity index (χ4n) is 2.70. The van der Waals surface area contributed by atoms with Gasteiger partial charge in [-0.15, -0.1) is 0 Å². The molecule has 2 heterocycles. The lowest BCUT2D eigenvalue weighted by atomic mass is 10.1. The highest BCUT2D eigenvalue weighted by atomic mass is 32.2. The van der Waals surface area contributed by atoms with Gasteiger partial charge in [0.15, 0.2) is 15.7 Å². The normalized spacial score (nSPS) is 19.9. The predicted molar refractivity (Wildman–Crippen MR) is 79.0 cm³/mol. The number of hydrogen-bond donors (Lipinski definition) is 0. The highest BCUT2D eigenvalue weighted by Gasteiger charge is 2.33. The van der Waals surface area contributed by atoms with Crippen LogP contribution < -0.4 is 4.74 Å². The number of hydrogen-bond acceptors (Lipinski definition) is 5. The zero-order chi connectivity index (χ0) is 16.8. The second-order valence-electron chi connectivity index (χ2n) is 5.45. The van der Waals surface area contributed by atoms with Crippen molar-refractivity contribution in [3.63, 3.8) is 0 Å². The molecule has 1 aromatic carbocycles. The molecule has 0 unspecified atom stereocenters. The monoisotopic (exact) mass is 343 g/mol. The Kier molecular flexibility index (Phi) is 3.83. The van der Waals surface area contributed by atoms with Gasteiger partial charge in [0.05, 0.1) is 30.2 Å². The first-order chi connectivity index (χ1) is 10.8. The molecule has 1 fully saturated rings. The molecule has 1 aromatic heterocycles. The number of ether oxygens (including phenoxy) is 1. The van der Waals surface area contributed by atoms with E-state index < -0.39 is 27.5 Å². The van der Waals surface area contributed by atoms with E-state index in [1.165, 1.54) is 11.8 Å². The summed E-state index contributed by atoms with van der Waals surface area (Å²) in [6.45, 7) is 1.59. The minimum Gasteiger partial charge on any atom is -0.497 e. The van der Waals surface area contributed by atoms with E-state index in [2.05, 4.69) is 10.1 Å².